The van der Waals surface area contributed by atoms with Crippen molar-refractivity contribution in [3.8, 4) is 5.75 Å². The molecular weight excluding hydrogens is 404 g/mol. The van der Waals surface area contributed by atoms with Crippen molar-refractivity contribution in [2.24, 2.45) is 0 Å². The maximum atomic E-state index is 13.2. The van der Waals surface area contributed by atoms with Crippen LogP contribution in [0.15, 0.2) is 48.5 Å². The van der Waals surface area contributed by atoms with Gasteiger partial charge < -0.3 is 14.7 Å². The van der Waals surface area contributed by atoms with Crippen molar-refractivity contribution in [1.82, 2.24) is 9.88 Å². The second kappa shape index (κ2) is 9.22. The van der Waals surface area contributed by atoms with Gasteiger partial charge in [0.2, 0.25) is 0 Å². The van der Waals surface area contributed by atoms with E-state index in [4.69, 9.17) is 9.72 Å². The van der Waals surface area contributed by atoms with Gasteiger partial charge in [-0.3, -0.25) is 4.79 Å². The molecule has 2 aromatic carbocycles. The first-order valence-corrected chi connectivity index (χ1v) is 10.9. The smallest absolute Gasteiger partial charge is 0.339 e. The van der Waals surface area contributed by atoms with Crippen LogP contribution in [0.1, 0.15) is 47.4 Å². The number of carbonyl (C=O) groups is 2. The molecule has 0 saturated heterocycles. The molecule has 0 radical (unpaired) electrons. The molecule has 0 aliphatic heterocycles. The van der Waals surface area contributed by atoms with Gasteiger partial charge in [-0.25, -0.2) is 9.78 Å². The monoisotopic (exact) mass is 430 g/mol. The molecule has 0 saturated carbocycles. The molecule has 0 unspecified atom stereocenters. The van der Waals surface area contributed by atoms with E-state index in [9.17, 15) is 14.7 Å². The standard InChI is InChI=1S/C26H26N2O4/c1-3-28(4-2)23(30)16-32-26(31)24-20-7-5-6-8-22(20)27-25-18(11-14-21(24)25)15-17-9-12-19(29)13-10-17/h5-10,12-13,15,29H,3-4,11,14,16H2,1-2H3. The third kappa shape index (κ3) is 4.21. The van der Waals surface area contributed by atoms with Gasteiger partial charge >= 0.3 is 5.97 Å². The molecule has 4 rings (SSSR count). The predicted molar refractivity (Wildman–Crippen MR) is 124 cm³/mol. The number of hydrogen-bond donors (Lipinski definition) is 1. The number of likely N-dealkylation sites (N-methyl/N-ethyl adjacent to an activating group) is 1. The van der Waals surface area contributed by atoms with Crippen LogP contribution in [0, 0.1) is 0 Å². The number of carbonyl (C=O) groups excluding carboxylic acids is 2. The molecule has 0 spiro atoms. The lowest BCUT2D eigenvalue weighted by Crippen LogP contribution is -2.34. The molecule has 1 aliphatic carbocycles. The quantitative estimate of drug-likeness (QED) is 0.585. The van der Waals surface area contributed by atoms with Crippen LogP contribution >= 0.6 is 0 Å². The summed E-state index contributed by atoms with van der Waals surface area (Å²) in [4.78, 5) is 32.0. The number of fused-ring (bicyclic) bond motifs is 2. The minimum Gasteiger partial charge on any atom is -0.508 e. The van der Waals surface area contributed by atoms with Crippen molar-refractivity contribution in [3.05, 3.63) is 70.9 Å². The minimum atomic E-state index is -0.494. The van der Waals surface area contributed by atoms with Gasteiger partial charge in [0.15, 0.2) is 6.61 Å². The fourth-order valence-electron chi connectivity index (χ4n) is 4.15. The van der Waals surface area contributed by atoms with E-state index in [1.165, 1.54) is 0 Å². The van der Waals surface area contributed by atoms with Gasteiger partial charge in [-0.2, -0.15) is 0 Å². The molecule has 1 aromatic heterocycles. The number of nitrogens with zero attached hydrogens (tertiary/aromatic N) is 2. The molecule has 1 N–H and O–H groups in total. The van der Waals surface area contributed by atoms with Crippen LogP contribution in [0.3, 0.4) is 0 Å². The van der Waals surface area contributed by atoms with E-state index in [1.54, 1.807) is 17.0 Å². The summed E-state index contributed by atoms with van der Waals surface area (Å²) in [7, 11) is 0. The number of phenolic OH excluding ortho intramolecular Hbond substituents is 1. The zero-order valence-electron chi connectivity index (χ0n) is 18.3. The highest BCUT2D eigenvalue weighted by atomic mass is 16.5. The van der Waals surface area contributed by atoms with Crippen molar-refractivity contribution < 1.29 is 19.4 Å². The predicted octanol–water partition coefficient (Wildman–Crippen LogP) is 4.45. The summed E-state index contributed by atoms with van der Waals surface area (Å²) < 4.78 is 5.47. The SMILES string of the molecule is CCN(CC)C(=O)COC(=O)c1c2c(nc3ccccc13)C(=Cc1ccc(O)cc1)CC2. The summed E-state index contributed by atoms with van der Waals surface area (Å²) in [5.41, 5.74) is 4.84. The lowest BCUT2D eigenvalue weighted by molar-refractivity contribution is -0.134. The Labute approximate surface area is 187 Å². The Morgan fingerprint density at radius 3 is 2.50 bits per heavy atom. The summed E-state index contributed by atoms with van der Waals surface area (Å²) in [6.45, 7) is 4.67. The van der Waals surface area contributed by atoms with Gasteiger partial charge in [-0.15, -0.1) is 0 Å². The Kier molecular flexibility index (Phi) is 6.21. The van der Waals surface area contributed by atoms with E-state index in [2.05, 4.69) is 0 Å². The summed E-state index contributed by atoms with van der Waals surface area (Å²) in [6, 6.07) is 14.5. The molecule has 6 heteroatoms. The van der Waals surface area contributed by atoms with Gasteiger partial charge in [-0.1, -0.05) is 30.3 Å². The summed E-state index contributed by atoms with van der Waals surface area (Å²) >= 11 is 0. The molecule has 1 amide bonds. The van der Waals surface area contributed by atoms with Crippen molar-refractivity contribution >= 4 is 34.4 Å². The lowest BCUT2D eigenvalue weighted by Gasteiger charge is -2.18. The molecule has 1 aliphatic rings. The van der Waals surface area contributed by atoms with Crippen LogP contribution in [0.2, 0.25) is 0 Å². The van der Waals surface area contributed by atoms with Crippen LogP contribution in [-0.4, -0.2) is 46.6 Å². The molecule has 0 bridgehead atoms. The van der Waals surface area contributed by atoms with Crippen LogP contribution in [0.4, 0.5) is 0 Å². The molecule has 0 atom stereocenters. The van der Waals surface area contributed by atoms with E-state index in [-0.39, 0.29) is 18.3 Å². The fraction of sp³-hybridized carbons (Fsp3) is 0.269. The number of aromatic hydroxyl groups is 1. The third-order valence-corrected chi connectivity index (χ3v) is 5.82. The minimum absolute atomic E-state index is 0.203. The normalized spacial score (nSPS) is 13.9. The number of para-hydroxylation sites is 1. The largest absolute Gasteiger partial charge is 0.508 e. The van der Waals surface area contributed by atoms with Gasteiger partial charge in [0.05, 0.1) is 16.8 Å². The molecule has 164 valence electrons. The van der Waals surface area contributed by atoms with E-state index < -0.39 is 5.97 Å². The van der Waals surface area contributed by atoms with E-state index in [0.29, 0.717) is 30.6 Å². The van der Waals surface area contributed by atoms with Gasteiger partial charge in [-0.05, 0) is 67.7 Å². The van der Waals surface area contributed by atoms with Gasteiger partial charge in [0, 0.05) is 18.5 Å². The topological polar surface area (TPSA) is 79.7 Å². The number of esters is 1. The maximum Gasteiger partial charge on any atom is 0.339 e. The lowest BCUT2D eigenvalue weighted by atomic mass is 10.0. The Balaban J connectivity index is 1.71. The first-order chi connectivity index (χ1) is 15.5. The number of pyridine rings is 1. The Morgan fingerprint density at radius 2 is 1.78 bits per heavy atom. The van der Waals surface area contributed by atoms with Crippen molar-refractivity contribution in [1.29, 1.82) is 0 Å². The molecular formula is C26H26N2O4. The molecule has 3 aromatic rings. The van der Waals surface area contributed by atoms with E-state index in [1.807, 2.05) is 56.3 Å². The second-order valence-corrected chi connectivity index (χ2v) is 7.73. The zero-order valence-corrected chi connectivity index (χ0v) is 18.3. The first-order valence-electron chi connectivity index (χ1n) is 10.9. The van der Waals surface area contributed by atoms with Crippen LogP contribution in [0.25, 0.3) is 22.6 Å². The van der Waals surface area contributed by atoms with Crippen LogP contribution < -0.4 is 0 Å². The maximum absolute atomic E-state index is 13.2. The summed E-state index contributed by atoms with van der Waals surface area (Å²) in [5, 5.41) is 10.3. The molecule has 32 heavy (non-hydrogen) atoms. The van der Waals surface area contributed by atoms with Crippen molar-refractivity contribution in [3.63, 3.8) is 0 Å². The fourth-order valence-corrected chi connectivity index (χ4v) is 4.15. The number of amides is 1. The highest BCUT2D eigenvalue weighted by Gasteiger charge is 2.28. The number of benzene rings is 2. The summed E-state index contributed by atoms with van der Waals surface area (Å²) in [5.74, 6) is -0.482. The number of hydrogen-bond acceptors (Lipinski definition) is 5. The van der Waals surface area contributed by atoms with Crippen LogP contribution in [0.5, 0.6) is 5.75 Å². The number of phenols is 1. The second-order valence-electron chi connectivity index (χ2n) is 7.73. The Morgan fingerprint density at radius 1 is 1.06 bits per heavy atom. The van der Waals surface area contributed by atoms with E-state index in [0.717, 1.165) is 34.2 Å². The van der Waals surface area contributed by atoms with Gasteiger partial charge in [0.25, 0.3) is 5.91 Å². The number of rotatable bonds is 6. The Hall–Kier alpha value is -3.67. The Bertz CT molecular complexity index is 1190. The molecule has 6 nitrogen and oxygen atoms in total. The molecule has 0 fully saturated rings. The average molecular weight is 431 g/mol. The third-order valence-electron chi connectivity index (χ3n) is 5.82. The highest BCUT2D eigenvalue weighted by molar-refractivity contribution is 6.07. The number of aromatic nitrogens is 1. The zero-order chi connectivity index (χ0) is 22.7. The molecule has 1 heterocycles. The summed E-state index contributed by atoms with van der Waals surface area (Å²) in [6.07, 6.45) is 3.45. The number of allylic oxidation sites excluding steroid dienone is 1. The van der Waals surface area contributed by atoms with Crippen molar-refractivity contribution in [2.75, 3.05) is 19.7 Å². The number of ether oxygens (including phenoxy) is 1. The van der Waals surface area contributed by atoms with E-state index >= 15 is 0 Å². The van der Waals surface area contributed by atoms with Gasteiger partial charge in [0.1, 0.15) is 5.75 Å². The van der Waals surface area contributed by atoms with Crippen molar-refractivity contribution in [2.45, 2.75) is 26.7 Å². The first kappa shape index (κ1) is 21.6. The van der Waals surface area contributed by atoms with Crippen LogP contribution in [-0.2, 0) is 16.0 Å². The average Bonchev–Trinajstić information content (AvgIpc) is 3.20. The highest BCUT2D eigenvalue weighted by Crippen LogP contribution is 2.37.